The molecule has 0 atom stereocenters. The molecule has 0 spiro atoms. The molecule has 10 heteroatoms. The van der Waals surface area contributed by atoms with E-state index < -0.39 is 7.36 Å². The van der Waals surface area contributed by atoms with E-state index in [0.717, 1.165) is 48.6 Å². The first-order valence-corrected chi connectivity index (χ1v) is 13.2. The van der Waals surface area contributed by atoms with Gasteiger partial charge < -0.3 is 14.2 Å². The van der Waals surface area contributed by atoms with Gasteiger partial charge in [0.05, 0.1) is 39.2 Å². The van der Waals surface area contributed by atoms with E-state index in [1.165, 1.54) is 0 Å². The molecule has 0 N–H and O–H groups in total. The largest absolute Gasteiger partial charge is 0.494 e. The fourth-order valence-electron chi connectivity index (χ4n) is 4.64. The molecule has 0 amide bonds. The van der Waals surface area contributed by atoms with Gasteiger partial charge in [-0.2, -0.15) is 0 Å². The number of hydrogen-bond donors (Lipinski definition) is 0. The van der Waals surface area contributed by atoms with Crippen LogP contribution >= 0.6 is 19.0 Å². The molecule has 33 heavy (non-hydrogen) atoms. The van der Waals surface area contributed by atoms with Crippen LogP contribution in [0.2, 0.25) is 5.02 Å². The maximum atomic E-state index is 6.44. The summed E-state index contributed by atoms with van der Waals surface area (Å²) in [7, 11) is -0.851. The van der Waals surface area contributed by atoms with E-state index in [1.54, 1.807) is 7.11 Å². The van der Waals surface area contributed by atoms with Crippen LogP contribution in [0.1, 0.15) is 5.69 Å². The van der Waals surface area contributed by atoms with E-state index in [1.807, 2.05) is 36.4 Å². The lowest BCUT2D eigenvalue weighted by atomic mass is 10.3. The van der Waals surface area contributed by atoms with Gasteiger partial charge in [-0.1, -0.05) is 17.7 Å². The predicted molar refractivity (Wildman–Crippen MR) is 131 cm³/mol. The van der Waals surface area contributed by atoms with Crippen LogP contribution in [0.15, 0.2) is 47.3 Å². The molecule has 5 rings (SSSR count). The van der Waals surface area contributed by atoms with Gasteiger partial charge in [-0.25, -0.2) is 19.1 Å². The number of morpholine rings is 2. The van der Waals surface area contributed by atoms with Crippen molar-refractivity contribution in [1.82, 2.24) is 18.7 Å². The highest BCUT2D eigenvalue weighted by Gasteiger charge is 2.42. The van der Waals surface area contributed by atoms with Gasteiger partial charge in [-0.3, -0.25) is 4.40 Å². The SMILES string of the molecule is COc1ccc(Cl)cc1N=P(c1c(C)nc2ccccn12)(N1CCOCC1)N1CCOCC1. The Kier molecular flexibility index (Phi) is 6.74. The van der Waals surface area contributed by atoms with Gasteiger partial charge in [0.15, 0.2) is 7.36 Å². The Bertz CT molecular complexity index is 1170. The van der Waals surface area contributed by atoms with Crippen molar-refractivity contribution in [2.24, 2.45) is 4.74 Å². The van der Waals surface area contributed by atoms with Gasteiger partial charge in [0.1, 0.15) is 22.5 Å². The molecule has 2 aliphatic rings. The zero-order chi connectivity index (χ0) is 22.8. The van der Waals surface area contributed by atoms with Crippen LogP contribution in [0.4, 0.5) is 5.69 Å². The zero-order valence-corrected chi connectivity index (χ0v) is 20.6. The second kappa shape index (κ2) is 9.74. The van der Waals surface area contributed by atoms with Gasteiger partial charge >= 0.3 is 0 Å². The Labute approximate surface area is 199 Å². The standard InChI is InChI=1S/C23H29ClN5O3P/c1-18-23(29-8-4-3-5-22(29)25-18)33(27-9-13-31-14-10-27,28-11-15-32-16-12-28)26-20-17-19(24)6-7-21(20)30-2/h3-8,17H,9-16H2,1-2H3. The monoisotopic (exact) mass is 489 g/mol. The lowest BCUT2D eigenvalue weighted by molar-refractivity contribution is 0.0578. The van der Waals surface area contributed by atoms with Crippen LogP contribution in [0.5, 0.6) is 5.75 Å². The maximum Gasteiger partial charge on any atom is 0.151 e. The molecule has 3 aromatic rings. The van der Waals surface area contributed by atoms with Crippen molar-refractivity contribution < 1.29 is 14.2 Å². The molecule has 2 saturated heterocycles. The Morgan fingerprint density at radius 1 is 1.00 bits per heavy atom. The summed E-state index contributed by atoms with van der Waals surface area (Å²) in [6.07, 6.45) is 2.09. The summed E-state index contributed by atoms with van der Waals surface area (Å²) in [5, 5.41) is 0.631. The van der Waals surface area contributed by atoms with Crippen LogP contribution in [-0.2, 0) is 9.47 Å². The fraction of sp³-hybridized carbons (Fsp3) is 0.435. The number of benzene rings is 1. The van der Waals surface area contributed by atoms with Crippen molar-refractivity contribution >= 4 is 35.7 Å². The quantitative estimate of drug-likeness (QED) is 0.506. The summed E-state index contributed by atoms with van der Waals surface area (Å²) in [6, 6.07) is 11.7. The average molecular weight is 490 g/mol. The van der Waals surface area contributed by atoms with Gasteiger partial charge in [0.25, 0.3) is 0 Å². The highest BCUT2D eigenvalue weighted by molar-refractivity contribution is 7.69. The van der Waals surface area contributed by atoms with Gasteiger partial charge in [0.2, 0.25) is 0 Å². The molecule has 2 fully saturated rings. The molecule has 0 unspecified atom stereocenters. The Morgan fingerprint density at radius 2 is 1.67 bits per heavy atom. The number of hydrogen-bond acceptors (Lipinski definition) is 5. The van der Waals surface area contributed by atoms with Gasteiger partial charge in [0, 0.05) is 37.4 Å². The molecule has 2 aliphatic heterocycles. The molecule has 8 nitrogen and oxygen atoms in total. The number of halogens is 1. The molecule has 0 aliphatic carbocycles. The second-order valence-electron chi connectivity index (χ2n) is 8.07. The first-order valence-electron chi connectivity index (χ1n) is 11.2. The molecule has 0 bridgehead atoms. The van der Waals surface area contributed by atoms with E-state index in [-0.39, 0.29) is 0 Å². The number of aryl methyl sites for hydroxylation is 1. The van der Waals surface area contributed by atoms with Crippen molar-refractivity contribution in [3.05, 3.63) is 53.3 Å². The zero-order valence-electron chi connectivity index (χ0n) is 19.0. The summed E-state index contributed by atoms with van der Waals surface area (Å²) >= 11 is 6.44. The summed E-state index contributed by atoms with van der Waals surface area (Å²) in [5.74, 6) is 0.705. The number of methoxy groups -OCH3 is 1. The minimum Gasteiger partial charge on any atom is -0.494 e. The minimum absolute atomic E-state index is 0.631. The summed E-state index contributed by atoms with van der Waals surface area (Å²) in [6.45, 7) is 7.92. The third kappa shape index (κ3) is 4.20. The van der Waals surface area contributed by atoms with Crippen LogP contribution in [-0.4, -0.2) is 78.4 Å². The third-order valence-electron chi connectivity index (χ3n) is 6.11. The first-order chi connectivity index (χ1) is 16.1. The van der Waals surface area contributed by atoms with E-state index in [2.05, 4.69) is 26.9 Å². The van der Waals surface area contributed by atoms with Crippen LogP contribution in [0.3, 0.4) is 0 Å². The minimum atomic E-state index is -2.52. The van der Waals surface area contributed by atoms with Crippen molar-refractivity contribution in [3.63, 3.8) is 0 Å². The summed E-state index contributed by atoms with van der Waals surface area (Å²) in [4.78, 5) is 4.93. The lowest BCUT2D eigenvalue weighted by Gasteiger charge is -2.46. The normalized spacial score (nSPS) is 18.5. The van der Waals surface area contributed by atoms with E-state index in [4.69, 9.17) is 35.5 Å². The maximum absolute atomic E-state index is 6.44. The summed E-state index contributed by atoms with van der Waals surface area (Å²) in [5.41, 5.74) is 3.78. The highest BCUT2D eigenvalue weighted by atomic mass is 35.5. The van der Waals surface area contributed by atoms with Crippen LogP contribution in [0, 0.1) is 6.92 Å². The average Bonchev–Trinajstić information content (AvgIpc) is 3.20. The number of imidazole rings is 1. The molecular formula is C23H29ClN5O3P. The van der Waals surface area contributed by atoms with Crippen LogP contribution in [0.25, 0.3) is 5.65 Å². The van der Waals surface area contributed by atoms with Gasteiger partial charge in [-0.15, -0.1) is 0 Å². The molecule has 2 aromatic heterocycles. The number of fused-ring (bicyclic) bond motifs is 1. The fourth-order valence-corrected chi connectivity index (χ4v) is 8.89. The van der Waals surface area contributed by atoms with Crippen molar-refractivity contribution in [2.75, 3.05) is 59.7 Å². The number of pyridine rings is 1. The number of nitrogens with zero attached hydrogens (tertiary/aromatic N) is 5. The Balaban J connectivity index is 1.87. The lowest BCUT2D eigenvalue weighted by Crippen LogP contribution is -2.47. The number of ether oxygens (including phenoxy) is 3. The number of aromatic nitrogens is 2. The summed E-state index contributed by atoms with van der Waals surface area (Å²) < 4.78 is 30.0. The highest BCUT2D eigenvalue weighted by Crippen LogP contribution is 2.59. The molecule has 1 aromatic carbocycles. The molecular weight excluding hydrogens is 461 g/mol. The van der Waals surface area contributed by atoms with Crippen molar-refractivity contribution in [3.8, 4) is 5.75 Å². The third-order valence-corrected chi connectivity index (χ3v) is 10.3. The van der Waals surface area contributed by atoms with Gasteiger partial charge in [-0.05, 0) is 37.3 Å². The Hall–Kier alpha value is -1.93. The first kappa shape index (κ1) is 22.8. The topological polar surface area (TPSA) is 63.8 Å². The Morgan fingerprint density at radius 3 is 2.30 bits per heavy atom. The number of rotatable bonds is 5. The molecule has 0 saturated carbocycles. The molecule has 4 heterocycles. The van der Waals surface area contributed by atoms with E-state index in [0.29, 0.717) is 37.2 Å². The smallest absolute Gasteiger partial charge is 0.151 e. The predicted octanol–water partition coefficient (Wildman–Crippen LogP) is 3.96. The molecule has 176 valence electrons. The van der Waals surface area contributed by atoms with E-state index >= 15 is 0 Å². The van der Waals surface area contributed by atoms with Crippen molar-refractivity contribution in [2.45, 2.75) is 6.92 Å². The van der Waals surface area contributed by atoms with E-state index in [9.17, 15) is 0 Å². The van der Waals surface area contributed by atoms with Crippen LogP contribution < -0.4 is 10.2 Å². The van der Waals surface area contributed by atoms with Crippen molar-refractivity contribution in [1.29, 1.82) is 0 Å². The second-order valence-corrected chi connectivity index (χ2v) is 11.4. The molecule has 0 radical (unpaired) electrons.